The molecular formula is C17H14N2O2. The summed E-state index contributed by atoms with van der Waals surface area (Å²) in [4.78, 5) is 4.16. The molecule has 4 heteroatoms. The van der Waals surface area contributed by atoms with Crippen LogP contribution in [-0.2, 0) is 6.54 Å². The van der Waals surface area contributed by atoms with E-state index in [-0.39, 0.29) is 0 Å². The monoisotopic (exact) mass is 278 g/mol. The number of hydrogen-bond acceptors (Lipinski definition) is 4. The van der Waals surface area contributed by atoms with Gasteiger partial charge >= 0.3 is 0 Å². The van der Waals surface area contributed by atoms with Gasteiger partial charge in [-0.1, -0.05) is 24.3 Å². The third kappa shape index (κ3) is 2.14. The van der Waals surface area contributed by atoms with Crippen LogP contribution in [0.3, 0.4) is 0 Å². The van der Waals surface area contributed by atoms with Gasteiger partial charge in [-0.25, -0.2) is 0 Å². The number of aromatic nitrogens is 1. The molecule has 0 aliphatic carbocycles. The van der Waals surface area contributed by atoms with Crippen molar-refractivity contribution in [3.8, 4) is 11.5 Å². The van der Waals surface area contributed by atoms with Gasteiger partial charge in [-0.2, -0.15) is 0 Å². The maximum atomic E-state index is 5.53. The van der Waals surface area contributed by atoms with Crippen molar-refractivity contribution in [2.75, 3.05) is 12.1 Å². The van der Waals surface area contributed by atoms with Crippen molar-refractivity contribution < 1.29 is 9.47 Å². The van der Waals surface area contributed by atoms with Gasteiger partial charge in [-0.15, -0.1) is 0 Å². The van der Waals surface area contributed by atoms with E-state index < -0.39 is 0 Å². The van der Waals surface area contributed by atoms with E-state index in [1.807, 2.05) is 42.7 Å². The molecule has 0 saturated carbocycles. The van der Waals surface area contributed by atoms with Crippen LogP contribution in [-0.4, -0.2) is 11.8 Å². The molecule has 0 saturated heterocycles. The van der Waals surface area contributed by atoms with Gasteiger partial charge in [0, 0.05) is 41.0 Å². The molecule has 0 bridgehead atoms. The molecule has 104 valence electrons. The Kier molecular flexibility index (Phi) is 2.85. The predicted octanol–water partition coefficient (Wildman–Crippen LogP) is 3.58. The summed E-state index contributed by atoms with van der Waals surface area (Å²) in [7, 11) is 0. The quantitative estimate of drug-likeness (QED) is 0.795. The van der Waals surface area contributed by atoms with Gasteiger partial charge in [0.05, 0.1) is 0 Å². The molecule has 21 heavy (non-hydrogen) atoms. The first-order valence-corrected chi connectivity index (χ1v) is 6.86. The van der Waals surface area contributed by atoms with Crippen LogP contribution < -0.4 is 14.8 Å². The van der Waals surface area contributed by atoms with Crippen molar-refractivity contribution in [3.63, 3.8) is 0 Å². The van der Waals surface area contributed by atoms with Crippen molar-refractivity contribution in [3.05, 3.63) is 60.4 Å². The zero-order valence-corrected chi connectivity index (χ0v) is 11.4. The minimum Gasteiger partial charge on any atom is -0.454 e. The van der Waals surface area contributed by atoms with Crippen LogP contribution in [0.5, 0.6) is 11.5 Å². The van der Waals surface area contributed by atoms with Crippen molar-refractivity contribution in [2.24, 2.45) is 0 Å². The lowest BCUT2D eigenvalue weighted by molar-refractivity contribution is 0.173. The average molecular weight is 278 g/mol. The normalized spacial score (nSPS) is 12.6. The summed E-state index contributed by atoms with van der Waals surface area (Å²) < 4.78 is 10.9. The molecule has 3 aromatic rings. The van der Waals surface area contributed by atoms with Crippen molar-refractivity contribution >= 4 is 16.5 Å². The lowest BCUT2D eigenvalue weighted by Crippen LogP contribution is -2.01. The fraction of sp³-hybridized carbons (Fsp3) is 0.118. The zero-order valence-electron chi connectivity index (χ0n) is 11.4. The summed E-state index contributed by atoms with van der Waals surface area (Å²) in [5.41, 5.74) is 2.18. The maximum absolute atomic E-state index is 5.53. The van der Waals surface area contributed by atoms with E-state index in [2.05, 4.69) is 22.4 Å². The van der Waals surface area contributed by atoms with Crippen LogP contribution in [0.1, 0.15) is 5.56 Å². The fourth-order valence-electron chi connectivity index (χ4n) is 2.60. The van der Waals surface area contributed by atoms with Gasteiger partial charge in [-0.05, 0) is 18.2 Å². The lowest BCUT2D eigenvalue weighted by Gasteiger charge is -2.11. The Bertz CT molecular complexity index is 796. The molecule has 2 aromatic carbocycles. The Morgan fingerprint density at radius 2 is 2.00 bits per heavy atom. The highest BCUT2D eigenvalue weighted by Gasteiger charge is 2.16. The number of fused-ring (bicyclic) bond motifs is 2. The summed E-state index contributed by atoms with van der Waals surface area (Å²) in [5.74, 6) is 1.66. The predicted molar refractivity (Wildman–Crippen MR) is 81.6 cm³/mol. The molecule has 0 unspecified atom stereocenters. The SMILES string of the molecule is c1cc(CNc2cccc3cnccc23)c2c(c1)OCO2. The Labute approximate surface area is 122 Å². The number of anilines is 1. The third-order valence-corrected chi connectivity index (χ3v) is 3.63. The number of benzene rings is 2. The standard InChI is InChI=1S/C17H14N2O2/c1-3-12-9-18-8-7-14(12)15(5-1)19-10-13-4-2-6-16-17(13)21-11-20-16/h1-9,19H,10-11H2. The topological polar surface area (TPSA) is 43.4 Å². The first-order valence-electron chi connectivity index (χ1n) is 6.86. The summed E-state index contributed by atoms with van der Waals surface area (Å²) in [6.07, 6.45) is 3.68. The van der Waals surface area contributed by atoms with E-state index in [4.69, 9.17) is 9.47 Å². The molecule has 4 nitrogen and oxygen atoms in total. The number of pyridine rings is 1. The second-order valence-electron chi connectivity index (χ2n) is 4.91. The molecule has 1 N–H and O–H groups in total. The molecule has 0 amide bonds. The number of rotatable bonds is 3. The third-order valence-electron chi connectivity index (χ3n) is 3.63. The summed E-state index contributed by atoms with van der Waals surface area (Å²) in [6, 6.07) is 14.1. The van der Waals surface area contributed by atoms with Gasteiger partial charge in [0.25, 0.3) is 0 Å². The van der Waals surface area contributed by atoms with Crippen LogP contribution in [0.15, 0.2) is 54.9 Å². The highest BCUT2D eigenvalue weighted by Crippen LogP contribution is 2.35. The number of ether oxygens (including phenoxy) is 2. The molecule has 2 heterocycles. The Balaban J connectivity index is 1.63. The van der Waals surface area contributed by atoms with Gasteiger partial charge in [0.1, 0.15) is 0 Å². The van der Waals surface area contributed by atoms with Gasteiger partial charge < -0.3 is 14.8 Å². The molecule has 0 spiro atoms. The van der Waals surface area contributed by atoms with Crippen LogP contribution >= 0.6 is 0 Å². The van der Waals surface area contributed by atoms with Crippen LogP contribution in [0.4, 0.5) is 5.69 Å². The molecule has 1 aliphatic heterocycles. The smallest absolute Gasteiger partial charge is 0.231 e. The molecule has 0 atom stereocenters. The number of para-hydroxylation sites is 1. The second kappa shape index (κ2) is 4.98. The van der Waals surface area contributed by atoms with Crippen LogP contribution in [0.2, 0.25) is 0 Å². The van der Waals surface area contributed by atoms with Gasteiger partial charge in [0.15, 0.2) is 11.5 Å². The molecule has 1 aliphatic rings. The minimum absolute atomic E-state index is 0.298. The number of nitrogens with one attached hydrogen (secondary N) is 1. The van der Waals surface area contributed by atoms with E-state index in [0.717, 1.165) is 33.5 Å². The fourth-order valence-corrected chi connectivity index (χ4v) is 2.60. The highest BCUT2D eigenvalue weighted by molar-refractivity contribution is 5.93. The molecule has 4 rings (SSSR count). The number of nitrogens with zero attached hydrogens (tertiary/aromatic N) is 1. The van der Waals surface area contributed by atoms with Crippen molar-refractivity contribution in [1.29, 1.82) is 0 Å². The van der Waals surface area contributed by atoms with Crippen molar-refractivity contribution in [2.45, 2.75) is 6.54 Å². The maximum Gasteiger partial charge on any atom is 0.231 e. The van der Waals surface area contributed by atoms with E-state index in [1.54, 1.807) is 0 Å². The summed E-state index contributed by atoms with van der Waals surface area (Å²) >= 11 is 0. The van der Waals surface area contributed by atoms with E-state index in [0.29, 0.717) is 13.3 Å². The van der Waals surface area contributed by atoms with Crippen LogP contribution in [0, 0.1) is 0 Å². The Hall–Kier alpha value is -2.75. The first-order chi connectivity index (χ1) is 10.4. The minimum atomic E-state index is 0.298. The van der Waals surface area contributed by atoms with E-state index in [9.17, 15) is 0 Å². The molecule has 1 aromatic heterocycles. The largest absolute Gasteiger partial charge is 0.454 e. The van der Waals surface area contributed by atoms with Crippen LogP contribution in [0.25, 0.3) is 10.8 Å². The second-order valence-corrected chi connectivity index (χ2v) is 4.91. The van der Waals surface area contributed by atoms with E-state index >= 15 is 0 Å². The lowest BCUT2D eigenvalue weighted by atomic mass is 10.1. The molecule has 0 radical (unpaired) electrons. The molecule has 0 fully saturated rings. The number of hydrogen-bond donors (Lipinski definition) is 1. The van der Waals surface area contributed by atoms with Gasteiger partial charge in [0.2, 0.25) is 6.79 Å². The van der Waals surface area contributed by atoms with Gasteiger partial charge in [-0.3, -0.25) is 4.98 Å². The van der Waals surface area contributed by atoms with Crippen molar-refractivity contribution in [1.82, 2.24) is 4.98 Å². The average Bonchev–Trinajstić information content (AvgIpc) is 3.02. The Morgan fingerprint density at radius 3 is 3.00 bits per heavy atom. The highest BCUT2D eigenvalue weighted by atomic mass is 16.7. The first kappa shape index (κ1) is 12.0. The van der Waals surface area contributed by atoms with E-state index in [1.165, 1.54) is 0 Å². The Morgan fingerprint density at radius 1 is 1.05 bits per heavy atom. The summed E-state index contributed by atoms with van der Waals surface area (Å²) in [5, 5.41) is 5.76. The summed E-state index contributed by atoms with van der Waals surface area (Å²) in [6.45, 7) is 0.986. The molecular weight excluding hydrogens is 264 g/mol. The zero-order chi connectivity index (χ0) is 14.1.